The molecule has 1 amide bonds. The van der Waals surface area contributed by atoms with Crippen molar-refractivity contribution in [3.8, 4) is 0 Å². The Hall–Kier alpha value is -1.88. The van der Waals surface area contributed by atoms with Gasteiger partial charge in [0.05, 0.1) is 17.1 Å². The Morgan fingerprint density at radius 2 is 2.12 bits per heavy atom. The minimum absolute atomic E-state index is 0.0569. The van der Waals surface area contributed by atoms with Crippen molar-refractivity contribution in [2.75, 3.05) is 6.61 Å². The van der Waals surface area contributed by atoms with Crippen LogP contribution in [0.3, 0.4) is 0 Å². The maximum Gasteiger partial charge on any atom is 0.240 e. The van der Waals surface area contributed by atoms with Crippen LogP contribution in [0.2, 0.25) is 0 Å². The Balaban J connectivity index is 1.63. The van der Waals surface area contributed by atoms with E-state index in [1.54, 1.807) is 0 Å². The van der Waals surface area contributed by atoms with E-state index >= 15 is 0 Å². The molecule has 0 bridgehead atoms. The van der Waals surface area contributed by atoms with Gasteiger partial charge >= 0.3 is 0 Å². The largest absolute Gasteiger partial charge is 0.378 e. The maximum atomic E-state index is 12.6. The summed E-state index contributed by atoms with van der Waals surface area (Å²) < 4.78 is 7.94. The number of aromatic nitrogens is 2. The Morgan fingerprint density at radius 3 is 2.88 bits per heavy atom. The van der Waals surface area contributed by atoms with Crippen molar-refractivity contribution < 1.29 is 9.53 Å². The predicted molar refractivity (Wildman–Crippen MR) is 99.4 cm³/mol. The predicted octanol–water partition coefficient (Wildman–Crippen LogP) is 3.44. The zero-order chi connectivity index (χ0) is 17.8. The number of hydrogen-bond acceptors (Lipinski definition) is 3. The molecule has 1 fully saturated rings. The highest BCUT2D eigenvalue weighted by molar-refractivity contribution is 5.81. The molecule has 2 atom stereocenters. The van der Waals surface area contributed by atoms with Gasteiger partial charge in [0.15, 0.2) is 0 Å². The summed E-state index contributed by atoms with van der Waals surface area (Å²) in [6.45, 7) is 7.43. The molecule has 0 saturated carbocycles. The molecule has 2 aromatic rings. The third kappa shape index (κ3) is 4.03. The number of rotatable bonds is 6. The first-order chi connectivity index (χ1) is 12.1. The first kappa shape index (κ1) is 17.9. The molecule has 2 heterocycles. The van der Waals surface area contributed by atoms with E-state index < -0.39 is 0 Å². The van der Waals surface area contributed by atoms with Gasteiger partial charge < -0.3 is 14.6 Å². The van der Waals surface area contributed by atoms with Crippen molar-refractivity contribution in [2.45, 2.75) is 65.1 Å². The van der Waals surface area contributed by atoms with Gasteiger partial charge in [0.25, 0.3) is 0 Å². The van der Waals surface area contributed by atoms with Crippen molar-refractivity contribution in [1.29, 1.82) is 0 Å². The molecule has 1 aromatic heterocycles. The smallest absolute Gasteiger partial charge is 0.240 e. The molecule has 1 N–H and O–H groups in total. The third-order valence-electron chi connectivity index (χ3n) is 5.40. The molecule has 5 heteroatoms. The van der Waals surface area contributed by atoms with Gasteiger partial charge in [0.2, 0.25) is 5.91 Å². The Bertz CT molecular complexity index is 721. The summed E-state index contributed by atoms with van der Waals surface area (Å²) in [6, 6.07) is 8.16. The highest BCUT2D eigenvalue weighted by atomic mass is 16.5. The van der Waals surface area contributed by atoms with Gasteiger partial charge in [-0.1, -0.05) is 38.8 Å². The second-order valence-electron chi connectivity index (χ2n) is 7.01. The minimum Gasteiger partial charge on any atom is -0.378 e. The first-order valence-corrected chi connectivity index (χ1v) is 9.45. The van der Waals surface area contributed by atoms with E-state index in [4.69, 9.17) is 4.74 Å². The minimum atomic E-state index is 0.0569. The fourth-order valence-corrected chi connectivity index (χ4v) is 3.91. The molecule has 25 heavy (non-hydrogen) atoms. The van der Waals surface area contributed by atoms with E-state index in [1.165, 1.54) is 0 Å². The van der Waals surface area contributed by atoms with Crippen molar-refractivity contribution in [1.82, 2.24) is 14.9 Å². The lowest BCUT2D eigenvalue weighted by Crippen LogP contribution is -2.45. The third-order valence-corrected chi connectivity index (χ3v) is 5.40. The average Bonchev–Trinajstić information content (AvgIpc) is 2.92. The molecular formula is C20H29N3O2. The molecule has 0 aliphatic carbocycles. The number of ether oxygens (including phenoxy) is 1. The van der Waals surface area contributed by atoms with E-state index in [-0.39, 0.29) is 18.1 Å². The van der Waals surface area contributed by atoms with E-state index in [0.717, 1.165) is 49.1 Å². The number of nitrogens with zero attached hydrogens (tertiary/aromatic N) is 2. The number of aryl methyl sites for hydroxylation is 1. The molecule has 5 nitrogen and oxygen atoms in total. The number of para-hydroxylation sites is 2. The lowest BCUT2D eigenvalue weighted by molar-refractivity contribution is -0.123. The molecule has 1 aliphatic heterocycles. The fraction of sp³-hybridized carbons (Fsp3) is 0.600. The highest BCUT2D eigenvalue weighted by Crippen LogP contribution is 2.25. The zero-order valence-corrected chi connectivity index (χ0v) is 15.5. The summed E-state index contributed by atoms with van der Waals surface area (Å²) in [5.41, 5.74) is 1.95. The molecule has 0 unspecified atom stereocenters. The van der Waals surface area contributed by atoms with E-state index in [2.05, 4.69) is 24.1 Å². The summed E-state index contributed by atoms with van der Waals surface area (Å²) in [6.07, 6.45) is 4.34. The maximum absolute atomic E-state index is 12.6. The lowest BCUT2D eigenvalue weighted by atomic mass is 9.89. The molecule has 136 valence electrons. The van der Waals surface area contributed by atoms with Crippen LogP contribution in [-0.2, 0) is 16.1 Å². The van der Waals surface area contributed by atoms with Crippen LogP contribution in [0.25, 0.3) is 11.0 Å². The van der Waals surface area contributed by atoms with Crippen LogP contribution in [0.1, 0.15) is 45.4 Å². The topological polar surface area (TPSA) is 56.2 Å². The van der Waals surface area contributed by atoms with Gasteiger partial charge in [0, 0.05) is 12.6 Å². The number of carbonyl (C=O) groups is 1. The quantitative estimate of drug-likeness (QED) is 0.874. The molecular weight excluding hydrogens is 314 g/mol. The SMILES string of the molecule is CCC(CC)[C@@H]1C[C@@H](NC(=O)Cn2c(C)nc3ccccc32)CCO1. The van der Waals surface area contributed by atoms with Crippen LogP contribution in [0, 0.1) is 12.8 Å². The molecule has 1 aromatic carbocycles. The normalized spacial score (nSPS) is 21.0. The van der Waals surface area contributed by atoms with Crippen LogP contribution < -0.4 is 5.32 Å². The molecule has 0 spiro atoms. The number of fused-ring (bicyclic) bond motifs is 1. The molecule has 1 saturated heterocycles. The molecule has 0 radical (unpaired) electrons. The van der Waals surface area contributed by atoms with Crippen molar-refractivity contribution in [2.24, 2.45) is 5.92 Å². The van der Waals surface area contributed by atoms with Crippen molar-refractivity contribution in [3.63, 3.8) is 0 Å². The van der Waals surface area contributed by atoms with E-state index in [1.807, 2.05) is 35.8 Å². The second kappa shape index (κ2) is 8.00. The number of benzene rings is 1. The zero-order valence-electron chi connectivity index (χ0n) is 15.5. The Kier molecular flexibility index (Phi) is 5.74. The fourth-order valence-electron chi connectivity index (χ4n) is 3.91. The van der Waals surface area contributed by atoms with Crippen LogP contribution >= 0.6 is 0 Å². The summed E-state index contributed by atoms with van der Waals surface area (Å²) >= 11 is 0. The van der Waals surface area contributed by atoms with Crippen LogP contribution in [0.4, 0.5) is 0 Å². The number of nitrogens with one attached hydrogen (secondary N) is 1. The van der Waals surface area contributed by atoms with Crippen molar-refractivity contribution >= 4 is 16.9 Å². The van der Waals surface area contributed by atoms with Crippen LogP contribution in [0.15, 0.2) is 24.3 Å². The number of hydrogen-bond donors (Lipinski definition) is 1. The number of imidazole rings is 1. The van der Waals surface area contributed by atoms with Gasteiger partial charge in [-0.2, -0.15) is 0 Å². The summed E-state index contributed by atoms with van der Waals surface area (Å²) in [4.78, 5) is 17.1. The number of amides is 1. The van der Waals surface area contributed by atoms with Crippen LogP contribution in [-0.4, -0.2) is 34.2 Å². The van der Waals surface area contributed by atoms with Crippen LogP contribution in [0.5, 0.6) is 0 Å². The Labute approximate surface area is 149 Å². The lowest BCUT2D eigenvalue weighted by Gasteiger charge is -2.34. The van der Waals surface area contributed by atoms with Gasteiger partial charge in [-0.3, -0.25) is 4.79 Å². The van der Waals surface area contributed by atoms with E-state index in [9.17, 15) is 4.79 Å². The first-order valence-electron chi connectivity index (χ1n) is 9.45. The molecule has 1 aliphatic rings. The summed E-state index contributed by atoms with van der Waals surface area (Å²) in [7, 11) is 0. The van der Waals surface area contributed by atoms with Gasteiger partial charge in [0.1, 0.15) is 12.4 Å². The van der Waals surface area contributed by atoms with E-state index in [0.29, 0.717) is 12.5 Å². The molecule has 3 rings (SSSR count). The second-order valence-corrected chi connectivity index (χ2v) is 7.01. The summed E-state index contributed by atoms with van der Waals surface area (Å²) in [5.74, 6) is 1.51. The highest BCUT2D eigenvalue weighted by Gasteiger charge is 2.28. The Morgan fingerprint density at radius 1 is 1.36 bits per heavy atom. The summed E-state index contributed by atoms with van der Waals surface area (Å²) in [5, 5.41) is 3.21. The van der Waals surface area contributed by atoms with Gasteiger partial charge in [-0.05, 0) is 37.8 Å². The average molecular weight is 343 g/mol. The van der Waals surface area contributed by atoms with Gasteiger partial charge in [-0.25, -0.2) is 4.98 Å². The monoisotopic (exact) mass is 343 g/mol. The number of carbonyl (C=O) groups excluding carboxylic acids is 1. The van der Waals surface area contributed by atoms with Crippen molar-refractivity contribution in [3.05, 3.63) is 30.1 Å². The van der Waals surface area contributed by atoms with Gasteiger partial charge in [-0.15, -0.1) is 0 Å². The standard InChI is InChI=1S/C20H29N3O2/c1-4-15(5-2)19-12-16(10-11-25-19)22-20(24)13-23-14(3)21-17-8-6-7-9-18(17)23/h6-9,15-16,19H,4-5,10-13H2,1-3H3,(H,22,24)/t16-,19-/m0/s1.